The fourth-order valence-corrected chi connectivity index (χ4v) is 1.80. The van der Waals surface area contributed by atoms with Crippen molar-refractivity contribution in [2.24, 2.45) is 0 Å². The SMILES string of the molecule is CCc1nnnn1C(Cc1ccccc1)C(=O)O. The summed E-state index contributed by atoms with van der Waals surface area (Å²) in [6.07, 6.45) is 0.972. The molecule has 1 N–H and O–H groups in total. The predicted molar refractivity (Wildman–Crippen MR) is 64.0 cm³/mol. The summed E-state index contributed by atoms with van der Waals surface area (Å²) in [5.41, 5.74) is 0.947. The smallest absolute Gasteiger partial charge is 0.328 e. The maximum atomic E-state index is 11.4. The van der Waals surface area contributed by atoms with E-state index in [1.807, 2.05) is 37.3 Å². The van der Waals surface area contributed by atoms with Crippen LogP contribution in [0, 0.1) is 0 Å². The monoisotopic (exact) mass is 246 g/mol. The molecule has 1 unspecified atom stereocenters. The number of nitrogens with zero attached hydrogens (tertiary/aromatic N) is 4. The summed E-state index contributed by atoms with van der Waals surface area (Å²) >= 11 is 0. The summed E-state index contributed by atoms with van der Waals surface area (Å²) < 4.78 is 1.38. The second-order valence-electron chi connectivity index (χ2n) is 3.94. The van der Waals surface area contributed by atoms with E-state index in [9.17, 15) is 9.90 Å². The van der Waals surface area contributed by atoms with Gasteiger partial charge < -0.3 is 5.11 Å². The Balaban J connectivity index is 2.27. The van der Waals surface area contributed by atoms with Crippen LogP contribution in [0.1, 0.15) is 24.4 Å². The summed E-state index contributed by atoms with van der Waals surface area (Å²) in [6, 6.07) is 8.69. The van der Waals surface area contributed by atoms with Crippen molar-refractivity contribution in [2.75, 3.05) is 0 Å². The minimum absolute atomic E-state index is 0.369. The van der Waals surface area contributed by atoms with Gasteiger partial charge in [0.2, 0.25) is 0 Å². The Kier molecular flexibility index (Phi) is 3.66. The molecular weight excluding hydrogens is 232 g/mol. The molecule has 18 heavy (non-hydrogen) atoms. The van der Waals surface area contributed by atoms with E-state index in [1.54, 1.807) is 0 Å². The van der Waals surface area contributed by atoms with Gasteiger partial charge in [-0.3, -0.25) is 0 Å². The molecule has 94 valence electrons. The Morgan fingerprint density at radius 3 is 2.72 bits per heavy atom. The maximum Gasteiger partial charge on any atom is 0.328 e. The standard InChI is InChI=1S/C12H14N4O2/c1-2-11-13-14-15-16(11)10(12(17)18)8-9-6-4-3-5-7-9/h3-7,10H,2,8H2,1H3,(H,17,18). The van der Waals surface area contributed by atoms with Gasteiger partial charge in [0.05, 0.1) is 0 Å². The normalized spacial score (nSPS) is 12.3. The second kappa shape index (κ2) is 5.39. The minimum Gasteiger partial charge on any atom is -0.480 e. The first kappa shape index (κ1) is 12.2. The molecule has 1 atom stereocenters. The highest BCUT2D eigenvalue weighted by Gasteiger charge is 2.23. The highest BCUT2D eigenvalue weighted by molar-refractivity contribution is 5.72. The lowest BCUT2D eigenvalue weighted by Gasteiger charge is -2.13. The van der Waals surface area contributed by atoms with Crippen molar-refractivity contribution in [3.63, 3.8) is 0 Å². The molecule has 2 rings (SSSR count). The molecule has 0 saturated carbocycles. The number of carboxylic acids is 1. The molecule has 6 nitrogen and oxygen atoms in total. The summed E-state index contributed by atoms with van der Waals surface area (Å²) in [5.74, 6) is -0.348. The molecular formula is C12H14N4O2. The van der Waals surface area contributed by atoms with Gasteiger partial charge in [0.25, 0.3) is 0 Å². The van der Waals surface area contributed by atoms with Gasteiger partial charge in [-0.05, 0) is 16.0 Å². The van der Waals surface area contributed by atoms with Gasteiger partial charge in [-0.2, -0.15) is 0 Å². The number of carboxylic acid groups (broad SMARTS) is 1. The van der Waals surface area contributed by atoms with Crippen LogP contribution in [-0.4, -0.2) is 31.3 Å². The number of tetrazole rings is 1. The van der Waals surface area contributed by atoms with E-state index in [4.69, 9.17) is 0 Å². The van der Waals surface area contributed by atoms with Crippen LogP contribution in [0.2, 0.25) is 0 Å². The molecule has 1 heterocycles. The van der Waals surface area contributed by atoms with E-state index in [-0.39, 0.29) is 0 Å². The Morgan fingerprint density at radius 2 is 2.11 bits per heavy atom. The van der Waals surface area contributed by atoms with Crippen LogP contribution in [0.25, 0.3) is 0 Å². The zero-order chi connectivity index (χ0) is 13.0. The third-order valence-corrected chi connectivity index (χ3v) is 2.73. The number of aryl methyl sites for hydroxylation is 1. The number of aliphatic carboxylic acids is 1. The zero-order valence-corrected chi connectivity index (χ0v) is 10.0. The highest BCUT2D eigenvalue weighted by Crippen LogP contribution is 2.15. The Hall–Kier alpha value is -2.24. The predicted octanol–water partition coefficient (Wildman–Crippen LogP) is 1.10. The molecule has 0 bridgehead atoms. The number of aromatic nitrogens is 4. The molecule has 0 saturated heterocycles. The molecule has 0 aliphatic heterocycles. The average Bonchev–Trinajstić information content (AvgIpc) is 2.84. The van der Waals surface area contributed by atoms with Gasteiger partial charge in [0.15, 0.2) is 11.9 Å². The number of rotatable bonds is 5. The third kappa shape index (κ3) is 2.53. The first-order valence-electron chi connectivity index (χ1n) is 5.75. The molecule has 6 heteroatoms. The lowest BCUT2D eigenvalue weighted by molar-refractivity contribution is -0.141. The van der Waals surface area contributed by atoms with Gasteiger partial charge in [-0.1, -0.05) is 37.3 Å². The Labute approximate surface area is 104 Å². The zero-order valence-electron chi connectivity index (χ0n) is 10.0. The van der Waals surface area contributed by atoms with Crippen molar-refractivity contribution in [3.8, 4) is 0 Å². The van der Waals surface area contributed by atoms with Gasteiger partial charge in [-0.15, -0.1) is 5.10 Å². The molecule has 0 aliphatic rings. The van der Waals surface area contributed by atoms with Crippen LogP contribution in [0.5, 0.6) is 0 Å². The number of hydrogen-bond acceptors (Lipinski definition) is 4. The van der Waals surface area contributed by atoms with E-state index >= 15 is 0 Å². The van der Waals surface area contributed by atoms with Crippen LogP contribution in [0.3, 0.4) is 0 Å². The van der Waals surface area contributed by atoms with Crippen molar-refractivity contribution in [1.82, 2.24) is 20.2 Å². The fraction of sp³-hybridized carbons (Fsp3) is 0.333. The topological polar surface area (TPSA) is 80.9 Å². The quantitative estimate of drug-likeness (QED) is 0.854. The summed E-state index contributed by atoms with van der Waals surface area (Å²) in [6.45, 7) is 1.89. The molecule has 1 aromatic heterocycles. The molecule has 0 amide bonds. The molecule has 0 radical (unpaired) electrons. The summed E-state index contributed by atoms with van der Waals surface area (Å²) in [4.78, 5) is 11.4. The van der Waals surface area contributed by atoms with Gasteiger partial charge in [0.1, 0.15) is 0 Å². The van der Waals surface area contributed by atoms with E-state index in [2.05, 4.69) is 15.5 Å². The van der Waals surface area contributed by atoms with Crippen LogP contribution in [-0.2, 0) is 17.6 Å². The summed E-state index contributed by atoms with van der Waals surface area (Å²) in [5, 5.41) is 20.4. The Morgan fingerprint density at radius 1 is 1.39 bits per heavy atom. The largest absolute Gasteiger partial charge is 0.480 e. The number of benzene rings is 1. The van der Waals surface area contributed by atoms with Gasteiger partial charge in [0, 0.05) is 12.8 Å². The number of carbonyl (C=O) groups is 1. The van der Waals surface area contributed by atoms with Crippen molar-refractivity contribution < 1.29 is 9.90 Å². The van der Waals surface area contributed by atoms with Crippen molar-refractivity contribution >= 4 is 5.97 Å². The maximum absolute atomic E-state index is 11.4. The van der Waals surface area contributed by atoms with E-state index in [0.717, 1.165) is 5.56 Å². The molecule has 0 spiro atoms. The van der Waals surface area contributed by atoms with Crippen LogP contribution >= 0.6 is 0 Å². The Bertz CT molecular complexity index is 524. The second-order valence-corrected chi connectivity index (χ2v) is 3.94. The lowest BCUT2D eigenvalue weighted by Crippen LogP contribution is -2.24. The van der Waals surface area contributed by atoms with Crippen molar-refractivity contribution in [2.45, 2.75) is 25.8 Å². The van der Waals surface area contributed by atoms with E-state index in [0.29, 0.717) is 18.7 Å². The first-order valence-corrected chi connectivity index (χ1v) is 5.75. The summed E-state index contributed by atoms with van der Waals surface area (Å²) in [7, 11) is 0. The molecule has 0 fully saturated rings. The molecule has 0 aliphatic carbocycles. The van der Waals surface area contributed by atoms with Crippen molar-refractivity contribution in [1.29, 1.82) is 0 Å². The van der Waals surface area contributed by atoms with Crippen LogP contribution < -0.4 is 0 Å². The van der Waals surface area contributed by atoms with Crippen molar-refractivity contribution in [3.05, 3.63) is 41.7 Å². The molecule has 2 aromatic rings. The minimum atomic E-state index is -0.930. The van der Waals surface area contributed by atoms with E-state index < -0.39 is 12.0 Å². The lowest BCUT2D eigenvalue weighted by atomic mass is 10.1. The third-order valence-electron chi connectivity index (χ3n) is 2.73. The van der Waals surface area contributed by atoms with E-state index in [1.165, 1.54) is 4.68 Å². The van der Waals surface area contributed by atoms with Gasteiger partial charge >= 0.3 is 5.97 Å². The molecule has 1 aromatic carbocycles. The first-order chi connectivity index (χ1) is 8.72. The van der Waals surface area contributed by atoms with Crippen LogP contribution in [0.15, 0.2) is 30.3 Å². The number of hydrogen-bond donors (Lipinski definition) is 1. The van der Waals surface area contributed by atoms with Gasteiger partial charge in [-0.25, -0.2) is 9.48 Å². The fourth-order valence-electron chi connectivity index (χ4n) is 1.80. The van der Waals surface area contributed by atoms with Crippen LogP contribution in [0.4, 0.5) is 0 Å². The highest BCUT2D eigenvalue weighted by atomic mass is 16.4. The average molecular weight is 246 g/mol.